The highest BCUT2D eigenvalue weighted by Gasteiger charge is 2.24. The molecule has 1 aromatic rings. The predicted molar refractivity (Wildman–Crippen MR) is 72.8 cm³/mol. The Kier molecular flexibility index (Phi) is 4.61. The zero-order chi connectivity index (χ0) is 13.0. The third-order valence-corrected chi connectivity index (χ3v) is 3.79. The third kappa shape index (κ3) is 3.24. The van der Waals surface area contributed by atoms with E-state index in [2.05, 4.69) is 18.3 Å². The van der Waals surface area contributed by atoms with E-state index in [0.717, 1.165) is 25.0 Å². The van der Waals surface area contributed by atoms with E-state index in [1.54, 1.807) is 7.11 Å². The summed E-state index contributed by atoms with van der Waals surface area (Å²) in [6.45, 7) is 2.14. The molecule has 1 aliphatic rings. The van der Waals surface area contributed by atoms with Crippen LogP contribution in [0.5, 0.6) is 5.75 Å². The highest BCUT2D eigenvalue weighted by molar-refractivity contribution is 5.30. The quantitative estimate of drug-likeness (QED) is 0.862. The second-order valence-electron chi connectivity index (χ2n) is 5.12. The van der Waals surface area contributed by atoms with Crippen molar-refractivity contribution in [3.63, 3.8) is 0 Å². The number of nitrogens with one attached hydrogen (secondary N) is 1. The largest absolute Gasteiger partial charge is 0.497 e. The van der Waals surface area contributed by atoms with Gasteiger partial charge in [-0.15, -0.1) is 0 Å². The fourth-order valence-electron chi connectivity index (χ4n) is 2.63. The van der Waals surface area contributed by atoms with Crippen molar-refractivity contribution < 1.29 is 9.84 Å². The average molecular weight is 249 g/mol. The Bertz CT molecular complexity index is 381. The van der Waals surface area contributed by atoms with Crippen LogP contribution in [0.25, 0.3) is 0 Å². The van der Waals surface area contributed by atoms with Gasteiger partial charge < -0.3 is 15.2 Å². The van der Waals surface area contributed by atoms with Gasteiger partial charge in [-0.3, -0.25) is 0 Å². The number of methoxy groups -OCH3 is 1. The number of aliphatic hydroxyl groups excluding tert-OH is 1. The number of benzene rings is 1. The van der Waals surface area contributed by atoms with E-state index in [0.29, 0.717) is 0 Å². The maximum Gasteiger partial charge on any atom is 0.119 e. The summed E-state index contributed by atoms with van der Waals surface area (Å²) in [4.78, 5) is 0. The van der Waals surface area contributed by atoms with Crippen LogP contribution in [-0.2, 0) is 0 Å². The maximum atomic E-state index is 9.98. The SMILES string of the molecule is COc1cccc([C@@H](C)N[C@H]2CCCC[C@@H]2O)c1. The Labute approximate surface area is 109 Å². The van der Waals surface area contributed by atoms with Crippen LogP contribution in [-0.4, -0.2) is 24.4 Å². The minimum absolute atomic E-state index is 0.202. The lowest BCUT2D eigenvalue weighted by atomic mass is 9.91. The molecule has 0 unspecified atom stereocenters. The molecule has 0 spiro atoms. The lowest BCUT2D eigenvalue weighted by molar-refractivity contribution is 0.0859. The van der Waals surface area contributed by atoms with Gasteiger partial charge in [-0.25, -0.2) is 0 Å². The smallest absolute Gasteiger partial charge is 0.119 e. The van der Waals surface area contributed by atoms with Crippen LogP contribution >= 0.6 is 0 Å². The van der Waals surface area contributed by atoms with E-state index >= 15 is 0 Å². The molecule has 2 N–H and O–H groups in total. The molecular weight excluding hydrogens is 226 g/mol. The van der Waals surface area contributed by atoms with Crippen LogP contribution in [0.15, 0.2) is 24.3 Å². The zero-order valence-electron chi connectivity index (χ0n) is 11.2. The van der Waals surface area contributed by atoms with Gasteiger partial charge in [-0.1, -0.05) is 25.0 Å². The van der Waals surface area contributed by atoms with Crippen LogP contribution in [0.4, 0.5) is 0 Å². The summed E-state index contributed by atoms with van der Waals surface area (Å²) >= 11 is 0. The third-order valence-electron chi connectivity index (χ3n) is 3.79. The van der Waals surface area contributed by atoms with E-state index < -0.39 is 0 Å². The summed E-state index contributed by atoms with van der Waals surface area (Å²) < 4.78 is 5.24. The lowest BCUT2D eigenvalue weighted by Gasteiger charge is -2.31. The highest BCUT2D eigenvalue weighted by atomic mass is 16.5. The minimum atomic E-state index is -0.202. The lowest BCUT2D eigenvalue weighted by Crippen LogP contribution is -2.43. The molecule has 3 nitrogen and oxygen atoms in total. The first-order chi connectivity index (χ1) is 8.70. The standard InChI is InChI=1S/C15H23NO2/c1-11(12-6-5-7-13(10-12)18-2)16-14-8-3-4-9-15(14)17/h5-7,10-11,14-17H,3-4,8-9H2,1-2H3/t11-,14+,15+/m1/s1. The molecule has 1 aromatic carbocycles. The molecule has 3 atom stereocenters. The molecule has 0 aliphatic heterocycles. The molecule has 0 saturated heterocycles. The van der Waals surface area contributed by atoms with Crippen LogP contribution in [0.3, 0.4) is 0 Å². The van der Waals surface area contributed by atoms with Gasteiger partial charge in [-0.05, 0) is 37.5 Å². The molecule has 1 fully saturated rings. The van der Waals surface area contributed by atoms with E-state index in [9.17, 15) is 5.11 Å². The van der Waals surface area contributed by atoms with Crippen LogP contribution < -0.4 is 10.1 Å². The van der Waals surface area contributed by atoms with Crippen LogP contribution in [0.1, 0.15) is 44.2 Å². The highest BCUT2D eigenvalue weighted by Crippen LogP contribution is 2.23. The van der Waals surface area contributed by atoms with Crippen molar-refractivity contribution in [3.05, 3.63) is 29.8 Å². The van der Waals surface area contributed by atoms with Crippen molar-refractivity contribution in [1.82, 2.24) is 5.32 Å². The molecule has 0 amide bonds. The fourth-order valence-corrected chi connectivity index (χ4v) is 2.63. The summed E-state index contributed by atoms with van der Waals surface area (Å²) in [6, 6.07) is 8.55. The predicted octanol–water partition coefficient (Wildman–Crippen LogP) is 2.65. The molecule has 1 aliphatic carbocycles. The van der Waals surface area contributed by atoms with Crippen LogP contribution in [0.2, 0.25) is 0 Å². The van der Waals surface area contributed by atoms with Crippen molar-refractivity contribution in [2.45, 2.75) is 50.8 Å². The molecule has 0 heterocycles. The molecule has 100 valence electrons. The monoisotopic (exact) mass is 249 g/mol. The van der Waals surface area contributed by atoms with E-state index in [4.69, 9.17) is 4.74 Å². The molecule has 0 aromatic heterocycles. The number of hydrogen-bond acceptors (Lipinski definition) is 3. The van der Waals surface area contributed by atoms with Gasteiger partial charge in [0.05, 0.1) is 13.2 Å². The van der Waals surface area contributed by atoms with Gasteiger partial charge in [0, 0.05) is 12.1 Å². The van der Waals surface area contributed by atoms with Crippen molar-refractivity contribution in [1.29, 1.82) is 0 Å². The normalized spacial score (nSPS) is 25.7. The molecule has 0 bridgehead atoms. The topological polar surface area (TPSA) is 41.5 Å². The Morgan fingerprint density at radius 2 is 2.11 bits per heavy atom. The zero-order valence-corrected chi connectivity index (χ0v) is 11.2. The Morgan fingerprint density at radius 1 is 1.33 bits per heavy atom. The summed E-state index contributed by atoms with van der Waals surface area (Å²) in [6.07, 6.45) is 4.14. The van der Waals surface area contributed by atoms with Gasteiger partial charge in [0.1, 0.15) is 5.75 Å². The summed E-state index contributed by atoms with van der Waals surface area (Å²) in [5.41, 5.74) is 1.20. The number of hydrogen-bond donors (Lipinski definition) is 2. The first-order valence-corrected chi connectivity index (χ1v) is 6.79. The second kappa shape index (κ2) is 6.21. The average Bonchev–Trinajstić information content (AvgIpc) is 2.41. The number of aliphatic hydroxyl groups is 1. The fraction of sp³-hybridized carbons (Fsp3) is 0.600. The molecule has 3 heteroatoms. The van der Waals surface area contributed by atoms with Crippen molar-refractivity contribution in [3.8, 4) is 5.75 Å². The van der Waals surface area contributed by atoms with Crippen LogP contribution in [0, 0.1) is 0 Å². The van der Waals surface area contributed by atoms with Crippen molar-refractivity contribution in [2.24, 2.45) is 0 Å². The van der Waals surface area contributed by atoms with E-state index in [1.165, 1.54) is 12.0 Å². The van der Waals surface area contributed by atoms with Gasteiger partial charge >= 0.3 is 0 Å². The molecule has 0 radical (unpaired) electrons. The molecule has 18 heavy (non-hydrogen) atoms. The molecular formula is C15H23NO2. The second-order valence-corrected chi connectivity index (χ2v) is 5.12. The molecule has 1 saturated carbocycles. The number of rotatable bonds is 4. The van der Waals surface area contributed by atoms with E-state index in [1.807, 2.05) is 18.2 Å². The first kappa shape index (κ1) is 13.4. The van der Waals surface area contributed by atoms with Crippen molar-refractivity contribution >= 4 is 0 Å². The van der Waals surface area contributed by atoms with Gasteiger partial charge in [0.15, 0.2) is 0 Å². The Balaban J connectivity index is 1.99. The van der Waals surface area contributed by atoms with Crippen molar-refractivity contribution in [2.75, 3.05) is 7.11 Å². The summed E-state index contributed by atoms with van der Waals surface area (Å²) in [7, 11) is 1.68. The van der Waals surface area contributed by atoms with Gasteiger partial charge in [0.2, 0.25) is 0 Å². The van der Waals surface area contributed by atoms with Gasteiger partial charge in [0.25, 0.3) is 0 Å². The van der Waals surface area contributed by atoms with E-state index in [-0.39, 0.29) is 18.2 Å². The Hall–Kier alpha value is -1.06. The van der Waals surface area contributed by atoms with Gasteiger partial charge in [-0.2, -0.15) is 0 Å². The first-order valence-electron chi connectivity index (χ1n) is 6.79. The number of ether oxygens (including phenoxy) is 1. The summed E-state index contributed by atoms with van der Waals surface area (Å²) in [5, 5.41) is 13.5. The maximum absolute atomic E-state index is 9.98. The minimum Gasteiger partial charge on any atom is -0.497 e. The summed E-state index contributed by atoms with van der Waals surface area (Å²) in [5.74, 6) is 0.880. The Morgan fingerprint density at radius 3 is 2.83 bits per heavy atom. The molecule has 2 rings (SSSR count).